The molecule has 3 aromatic carbocycles. The molecule has 0 saturated carbocycles. The van der Waals surface area contributed by atoms with Crippen LogP contribution in [0.1, 0.15) is 27.8 Å². The zero-order chi connectivity index (χ0) is 20.8. The molecule has 0 aliphatic rings. The van der Waals surface area contributed by atoms with Gasteiger partial charge in [0.15, 0.2) is 0 Å². The summed E-state index contributed by atoms with van der Waals surface area (Å²) in [6, 6.07) is 19.0. The van der Waals surface area contributed by atoms with Crippen LogP contribution >= 0.6 is 0 Å². The highest BCUT2D eigenvalue weighted by atomic mass is 19.1. The second kappa shape index (κ2) is 9.57. The highest BCUT2D eigenvalue weighted by Gasteiger charge is 2.21. The second-order valence-corrected chi connectivity index (χ2v) is 7.44. The summed E-state index contributed by atoms with van der Waals surface area (Å²) in [6.45, 7) is 5.22. The van der Waals surface area contributed by atoms with E-state index in [0.717, 1.165) is 34.6 Å². The standard InChI is InChI=1S/C25H25F2NO/c1-18-7-3-5-9-21(18)15-28(16-22-10-6-4-8-19(22)2)25(17-29)13-20-11-23(26)14-24(27)12-20/h3-12,14,17,25H,13,15-16H2,1-2H3. The molecule has 29 heavy (non-hydrogen) atoms. The maximum Gasteiger partial charge on any atom is 0.137 e. The van der Waals surface area contributed by atoms with Crippen LogP contribution in [0.15, 0.2) is 66.7 Å². The van der Waals surface area contributed by atoms with Gasteiger partial charge in [0.2, 0.25) is 0 Å². The number of rotatable bonds is 8. The fourth-order valence-corrected chi connectivity index (χ4v) is 3.54. The van der Waals surface area contributed by atoms with E-state index in [1.165, 1.54) is 12.1 Å². The fraction of sp³-hybridized carbons (Fsp3) is 0.240. The first-order valence-corrected chi connectivity index (χ1v) is 9.69. The molecule has 150 valence electrons. The molecule has 0 N–H and O–H groups in total. The smallest absolute Gasteiger partial charge is 0.137 e. The van der Waals surface area contributed by atoms with Crippen molar-refractivity contribution < 1.29 is 13.6 Å². The molecule has 0 heterocycles. The van der Waals surface area contributed by atoms with E-state index in [1.807, 2.05) is 62.4 Å². The third kappa shape index (κ3) is 5.58. The summed E-state index contributed by atoms with van der Waals surface area (Å²) in [4.78, 5) is 14.1. The van der Waals surface area contributed by atoms with Crippen LogP contribution in [0.3, 0.4) is 0 Å². The first-order valence-electron chi connectivity index (χ1n) is 9.69. The molecule has 3 aromatic rings. The number of hydrogen-bond donors (Lipinski definition) is 0. The van der Waals surface area contributed by atoms with Crippen LogP contribution in [0.5, 0.6) is 0 Å². The van der Waals surface area contributed by atoms with E-state index in [-0.39, 0.29) is 6.42 Å². The number of aldehydes is 1. The van der Waals surface area contributed by atoms with Gasteiger partial charge in [0.1, 0.15) is 17.9 Å². The molecule has 4 heteroatoms. The van der Waals surface area contributed by atoms with Crippen LogP contribution in [-0.2, 0) is 24.3 Å². The Hall–Kier alpha value is -2.85. The van der Waals surface area contributed by atoms with Gasteiger partial charge in [0.25, 0.3) is 0 Å². The molecule has 1 unspecified atom stereocenters. The Morgan fingerprint density at radius 3 is 1.76 bits per heavy atom. The number of halogens is 2. The lowest BCUT2D eigenvalue weighted by Gasteiger charge is -2.29. The van der Waals surface area contributed by atoms with E-state index in [9.17, 15) is 13.6 Å². The first kappa shape index (κ1) is 20.9. The monoisotopic (exact) mass is 393 g/mol. The van der Waals surface area contributed by atoms with Crippen LogP contribution in [0, 0.1) is 25.5 Å². The van der Waals surface area contributed by atoms with Crippen LogP contribution in [0.25, 0.3) is 0 Å². The van der Waals surface area contributed by atoms with Crippen molar-refractivity contribution in [3.05, 3.63) is 106 Å². The number of carbonyl (C=O) groups is 1. The molecule has 0 amide bonds. The zero-order valence-corrected chi connectivity index (χ0v) is 16.7. The van der Waals surface area contributed by atoms with Crippen molar-refractivity contribution in [2.75, 3.05) is 0 Å². The number of carbonyl (C=O) groups excluding carboxylic acids is 1. The number of aryl methyl sites for hydroxylation is 2. The molecular weight excluding hydrogens is 368 g/mol. The molecule has 2 nitrogen and oxygen atoms in total. The Morgan fingerprint density at radius 1 is 0.828 bits per heavy atom. The molecule has 0 aliphatic heterocycles. The van der Waals surface area contributed by atoms with Gasteiger partial charge in [0, 0.05) is 19.2 Å². The minimum absolute atomic E-state index is 0.246. The molecule has 0 radical (unpaired) electrons. The van der Waals surface area contributed by atoms with Crippen molar-refractivity contribution in [3.63, 3.8) is 0 Å². The van der Waals surface area contributed by atoms with Gasteiger partial charge >= 0.3 is 0 Å². The molecule has 0 fully saturated rings. The summed E-state index contributed by atoms with van der Waals surface area (Å²) in [6.07, 6.45) is 1.12. The minimum Gasteiger partial charge on any atom is -0.302 e. The van der Waals surface area contributed by atoms with Gasteiger partial charge < -0.3 is 4.79 Å². The van der Waals surface area contributed by atoms with Gasteiger partial charge in [-0.3, -0.25) is 4.90 Å². The SMILES string of the molecule is Cc1ccccc1CN(Cc1ccccc1C)C(C=O)Cc1cc(F)cc(F)c1. The molecule has 0 aliphatic carbocycles. The van der Waals surface area contributed by atoms with Crippen LogP contribution in [0.2, 0.25) is 0 Å². The molecular formula is C25H25F2NO. The lowest BCUT2D eigenvalue weighted by Crippen LogP contribution is -2.37. The Balaban J connectivity index is 1.91. The Labute approximate surface area is 170 Å². The van der Waals surface area contributed by atoms with Crippen molar-refractivity contribution >= 4 is 6.29 Å². The Kier molecular flexibility index (Phi) is 6.89. The van der Waals surface area contributed by atoms with Crippen molar-refractivity contribution in [2.24, 2.45) is 0 Å². The molecule has 0 aromatic heterocycles. The summed E-state index contributed by atoms with van der Waals surface area (Å²) < 4.78 is 27.3. The average Bonchev–Trinajstić information content (AvgIpc) is 2.68. The van der Waals surface area contributed by atoms with Crippen LogP contribution < -0.4 is 0 Å². The normalized spacial score (nSPS) is 12.2. The molecule has 0 saturated heterocycles. The van der Waals surface area contributed by atoms with E-state index < -0.39 is 17.7 Å². The molecule has 0 spiro atoms. The lowest BCUT2D eigenvalue weighted by molar-refractivity contribution is -0.112. The topological polar surface area (TPSA) is 20.3 Å². The summed E-state index contributed by atoms with van der Waals surface area (Å²) in [5, 5.41) is 0. The quantitative estimate of drug-likeness (QED) is 0.478. The van der Waals surface area contributed by atoms with Gasteiger partial charge in [-0.15, -0.1) is 0 Å². The minimum atomic E-state index is -0.631. The Bertz CT molecular complexity index is 918. The first-order chi connectivity index (χ1) is 14.0. The highest BCUT2D eigenvalue weighted by molar-refractivity contribution is 5.58. The average molecular weight is 393 g/mol. The maximum atomic E-state index is 13.6. The lowest BCUT2D eigenvalue weighted by atomic mass is 10.0. The van der Waals surface area contributed by atoms with Gasteiger partial charge in [-0.25, -0.2) is 8.78 Å². The van der Waals surface area contributed by atoms with Gasteiger partial charge in [-0.2, -0.15) is 0 Å². The van der Waals surface area contributed by atoms with Crippen molar-refractivity contribution in [1.29, 1.82) is 0 Å². The van der Waals surface area contributed by atoms with Crippen molar-refractivity contribution in [2.45, 2.75) is 39.4 Å². The summed E-state index contributed by atoms with van der Waals surface area (Å²) in [5.41, 5.74) is 5.00. The molecule has 3 rings (SSSR count). The van der Waals surface area contributed by atoms with Gasteiger partial charge in [-0.05, 0) is 60.2 Å². The largest absolute Gasteiger partial charge is 0.302 e. The summed E-state index contributed by atoms with van der Waals surface area (Å²) >= 11 is 0. The van der Waals surface area contributed by atoms with E-state index in [4.69, 9.17) is 0 Å². The van der Waals surface area contributed by atoms with Crippen molar-refractivity contribution in [3.8, 4) is 0 Å². The molecule has 1 atom stereocenters. The Morgan fingerprint density at radius 2 is 1.31 bits per heavy atom. The number of benzene rings is 3. The number of nitrogens with zero attached hydrogens (tertiary/aromatic N) is 1. The zero-order valence-electron chi connectivity index (χ0n) is 16.7. The number of hydrogen-bond acceptors (Lipinski definition) is 2. The summed E-state index contributed by atoms with van der Waals surface area (Å²) in [7, 11) is 0. The van der Waals surface area contributed by atoms with E-state index in [2.05, 4.69) is 4.90 Å². The fourth-order valence-electron chi connectivity index (χ4n) is 3.54. The van der Waals surface area contributed by atoms with E-state index in [1.54, 1.807) is 0 Å². The second-order valence-electron chi connectivity index (χ2n) is 7.44. The highest BCUT2D eigenvalue weighted by Crippen LogP contribution is 2.20. The van der Waals surface area contributed by atoms with Gasteiger partial charge in [0.05, 0.1) is 6.04 Å². The van der Waals surface area contributed by atoms with E-state index in [0.29, 0.717) is 18.7 Å². The maximum absolute atomic E-state index is 13.6. The molecule has 0 bridgehead atoms. The van der Waals surface area contributed by atoms with Gasteiger partial charge in [-0.1, -0.05) is 48.5 Å². The predicted molar refractivity (Wildman–Crippen MR) is 112 cm³/mol. The van der Waals surface area contributed by atoms with Crippen molar-refractivity contribution in [1.82, 2.24) is 4.90 Å². The van der Waals surface area contributed by atoms with E-state index >= 15 is 0 Å². The van der Waals surface area contributed by atoms with Crippen LogP contribution in [-0.4, -0.2) is 17.2 Å². The third-order valence-corrected chi connectivity index (χ3v) is 5.26. The predicted octanol–water partition coefficient (Wildman–Crippen LogP) is 5.39. The third-order valence-electron chi connectivity index (χ3n) is 5.26. The van der Waals surface area contributed by atoms with Crippen LogP contribution in [0.4, 0.5) is 8.78 Å². The summed E-state index contributed by atoms with van der Waals surface area (Å²) in [5.74, 6) is -1.26.